The van der Waals surface area contributed by atoms with E-state index in [4.69, 9.17) is 9.47 Å². The standard InChI is InChI=1S/C29H27NO3/c1-32-28(31)29(25-18-10-4-11-19-25,33-22-23-14-6-2-7-15-23)27(24-16-8-3-9-17-24)30-26-20-12-5-13-21-26/h2-21,27,30H,22H2,1H3/t27-,29-/m0/s1. The minimum absolute atomic E-state index is 0.241. The second kappa shape index (κ2) is 10.6. The minimum Gasteiger partial charge on any atom is -0.467 e. The van der Waals surface area contributed by atoms with E-state index in [0.29, 0.717) is 5.56 Å². The van der Waals surface area contributed by atoms with Crippen molar-refractivity contribution >= 4 is 11.7 Å². The fourth-order valence-electron chi connectivity index (χ4n) is 4.00. The maximum absolute atomic E-state index is 13.7. The summed E-state index contributed by atoms with van der Waals surface area (Å²) in [5.74, 6) is -0.470. The van der Waals surface area contributed by atoms with Crippen LogP contribution >= 0.6 is 0 Å². The molecule has 0 aromatic heterocycles. The van der Waals surface area contributed by atoms with Crippen LogP contribution in [0.2, 0.25) is 0 Å². The van der Waals surface area contributed by atoms with Crippen molar-refractivity contribution in [2.24, 2.45) is 0 Å². The lowest BCUT2D eigenvalue weighted by molar-refractivity contribution is -0.177. The second-order valence-electron chi connectivity index (χ2n) is 7.72. The van der Waals surface area contributed by atoms with Crippen molar-refractivity contribution in [2.45, 2.75) is 18.2 Å². The van der Waals surface area contributed by atoms with Gasteiger partial charge in [0.25, 0.3) is 0 Å². The summed E-state index contributed by atoms with van der Waals surface area (Å²) in [5.41, 5.74) is 2.02. The number of carbonyl (C=O) groups excluding carboxylic acids is 1. The van der Waals surface area contributed by atoms with Crippen molar-refractivity contribution in [1.82, 2.24) is 0 Å². The first-order valence-electron chi connectivity index (χ1n) is 10.9. The molecule has 0 aliphatic heterocycles. The predicted octanol–water partition coefficient (Wildman–Crippen LogP) is 6.13. The monoisotopic (exact) mass is 437 g/mol. The molecule has 4 aromatic carbocycles. The quantitative estimate of drug-likeness (QED) is 0.320. The summed E-state index contributed by atoms with van der Waals surface area (Å²) in [4.78, 5) is 13.7. The Bertz CT molecular complexity index is 1130. The van der Waals surface area contributed by atoms with E-state index < -0.39 is 17.6 Å². The van der Waals surface area contributed by atoms with E-state index >= 15 is 0 Å². The number of methoxy groups -OCH3 is 1. The van der Waals surface area contributed by atoms with Gasteiger partial charge in [0.1, 0.15) is 0 Å². The average molecular weight is 438 g/mol. The maximum atomic E-state index is 13.7. The average Bonchev–Trinajstić information content (AvgIpc) is 2.90. The first-order valence-corrected chi connectivity index (χ1v) is 10.9. The Morgan fingerprint density at radius 2 is 1.27 bits per heavy atom. The van der Waals surface area contributed by atoms with Crippen molar-refractivity contribution in [1.29, 1.82) is 0 Å². The Morgan fingerprint density at radius 3 is 1.85 bits per heavy atom. The number of hydrogen-bond acceptors (Lipinski definition) is 4. The van der Waals surface area contributed by atoms with Crippen LogP contribution in [0.1, 0.15) is 22.7 Å². The van der Waals surface area contributed by atoms with Gasteiger partial charge in [0, 0.05) is 5.69 Å². The van der Waals surface area contributed by atoms with Gasteiger partial charge in [-0.15, -0.1) is 0 Å². The van der Waals surface area contributed by atoms with Gasteiger partial charge < -0.3 is 14.8 Å². The van der Waals surface area contributed by atoms with Crippen molar-refractivity contribution in [3.05, 3.63) is 138 Å². The van der Waals surface area contributed by atoms with Gasteiger partial charge in [-0.05, 0) is 28.8 Å². The van der Waals surface area contributed by atoms with E-state index in [2.05, 4.69) is 5.32 Å². The molecule has 0 fully saturated rings. The molecule has 0 bridgehead atoms. The van der Waals surface area contributed by atoms with Crippen LogP contribution in [-0.4, -0.2) is 13.1 Å². The normalized spacial score (nSPS) is 13.5. The number of ether oxygens (including phenoxy) is 2. The molecule has 0 aliphatic rings. The highest BCUT2D eigenvalue weighted by atomic mass is 16.6. The molecular weight excluding hydrogens is 410 g/mol. The Morgan fingerprint density at radius 1 is 0.758 bits per heavy atom. The third-order valence-electron chi connectivity index (χ3n) is 5.62. The van der Waals surface area contributed by atoms with E-state index in [0.717, 1.165) is 16.8 Å². The molecule has 0 radical (unpaired) electrons. The highest BCUT2D eigenvalue weighted by molar-refractivity contribution is 5.83. The zero-order valence-electron chi connectivity index (χ0n) is 18.6. The number of esters is 1. The van der Waals surface area contributed by atoms with Crippen molar-refractivity contribution in [3.63, 3.8) is 0 Å². The zero-order chi connectivity index (χ0) is 22.9. The SMILES string of the molecule is COC(=O)[C@](OCc1ccccc1)(c1ccccc1)[C@@H](Nc1ccccc1)c1ccccc1. The second-order valence-corrected chi connectivity index (χ2v) is 7.72. The van der Waals surface area contributed by atoms with Gasteiger partial charge in [0.15, 0.2) is 0 Å². The van der Waals surface area contributed by atoms with Crippen LogP contribution in [0, 0.1) is 0 Å². The van der Waals surface area contributed by atoms with Crippen LogP contribution in [0.3, 0.4) is 0 Å². The number of carbonyl (C=O) groups is 1. The van der Waals surface area contributed by atoms with Crippen LogP contribution in [0.15, 0.2) is 121 Å². The molecule has 0 spiro atoms. The number of benzene rings is 4. The molecule has 0 heterocycles. The summed E-state index contributed by atoms with van der Waals surface area (Å²) in [6, 6.07) is 38.5. The molecule has 166 valence electrons. The van der Waals surface area contributed by atoms with E-state index in [1.54, 1.807) is 0 Å². The number of rotatable bonds is 9. The molecule has 4 nitrogen and oxygen atoms in total. The summed E-state index contributed by atoms with van der Waals surface area (Å²) in [5, 5.41) is 3.56. The molecule has 33 heavy (non-hydrogen) atoms. The Kier molecular flexibility index (Phi) is 7.18. The molecule has 0 unspecified atom stereocenters. The largest absolute Gasteiger partial charge is 0.467 e. The van der Waals surface area contributed by atoms with E-state index in [1.165, 1.54) is 7.11 Å². The Hall–Kier alpha value is -3.89. The predicted molar refractivity (Wildman–Crippen MR) is 131 cm³/mol. The van der Waals surface area contributed by atoms with Gasteiger partial charge in [-0.2, -0.15) is 0 Å². The molecule has 0 saturated heterocycles. The molecule has 0 amide bonds. The molecule has 4 heteroatoms. The highest BCUT2D eigenvalue weighted by Gasteiger charge is 2.51. The first kappa shape index (κ1) is 22.3. The summed E-state index contributed by atoms with van der Waals surface area (Å²) >= 11 is 0. The van der Waals surface area contributed by atoms with E-state index in [1.807, 2.05) is 121 Å². The first-order chi connectivity index (χ1) is 16.2. The maximum Gasteiger partial charge on any atom is 0.345 e. The van der Waals surface area contributed by atoms with Crippen LogP contribution in [0.5, 0.6) is 0 Å². The number of anilines is 1. The minimum atomic E-state index is -1.44. The van der Waals surface area contributed by atoms with Gasteiger partial charge in [-0.1, -0.05) is 109 Å². The Labute approximate surface area is 194 Å². The fourth-order valence-corrected chi connectivity index (χ4v) is 4.00. The lowest BCUT2D eigenvalue weighted by atomic mass is 9.81. The number of para-hydroxylation sites is 1. The third kappa shape index (κ3) is 4.97. The van der Waals surface area contributed by atoms with E-state index in [9.17, 15) is 4.79 Å². The lowest BCUT2D eigenvalue weighted by Crippen LogP contribution is -2.48. The lowest BCUT2D eigenvalue weighted by Gasteiger charge is -2.39. The van der Waals surface area contributed by atoms with Gasteiger partial charge in [-0.3, -0.25) is 0 Å². The van der Waals surface area contributed by atoms with Crippen molar-refractivity contribution < 1.29 is 14.3 Å². The molecule has 4 rings (SSSR count). The van der Waals surface area contributed by atoms with Gasteiger partial charge in [-0.25, -0.2) is 4.79 Å². The molecule has 1 N–H and O–H groups in total. The topological polar surface area (TPSA) is 47.6 Å². The summed E-state index contributed by atoms with van der Waals surface area (Å²) in [7, 11) is 1.40. The number of nitrogens with one attached hydrogen (secondary N) is 1. The van der Waals surface area contributed by atoms with Gasteiger partial charge in [0.2, 0.25) is 5.60 Å². The third-order valence-corrected chi connectivity index (χ3v) is 5.62. The fraction of sp³-hybridized carbons (Fsp3) is 0.138. The highest BCUT2D eigenvalue weighted by Crippen LogP contribution is 2.43. The van der Waals surface area contributed by atoms with Crippen LogP contribution in [0.25, 0.3) is 0 Å². The van der Waals surface area contributed by atoms with Crippen LogP contribution in [0.4, 0.5) is 5.69 Å². The van der Waals surface area contributed by atoms with Crippen LogP contribution in [-0.2, 0) is 26.5 Å². The van der Waals surface area contributed by atoms with Crippen molar-refractivity contribution in [3.8, 4) is 0 Å². The van der Waals surface area contributed by atoms with Gasteiger partial charge >= 0.3 is 5.97 Å². The molecule has 4 aromatic rings. The van der Waals surface area contributed by atoms with Crippen molar-refractivity contribution in [2.75, 3.05) is 12.4 Å². The smallest absolute Gasteiger partial charge is 0.345 e. The molecule has 0 saturated carbocycles. The zero-order valence-corrected chi connectivity index (χ0v) is 18.6. The van der Waals surface area contributed by atoms with Gasteiger partial charge in [0.05, 0.1) is 19.8 Å². The van der Waals surface area contributed by atoms with E-state index in [-0.39, 0.29) is 6.61 Å². The molecular formula is C29H27NO3. The number of hydrogen-bond donors (Lipinski definition) is 1. The Balaban J connectivity index is 1.89. The van der Waals surface area contributed by atoms with Crippen LogP contribution < -0.4 is 5.32 Å². The summed E-state index contributed by atoms with van der Waals surface area (Å²) in [6.07, 6.45) is 0. The molecule has 0 aliphatic carbocycles. The molecule has 2 atom stereocenters. The summed E-state index contributed by atoms with van der Waals surface area (Å²) < 4.78 is 12.0. The summed E-state index contributed by atoms with van der Waals surface area (Å²) in [6.45, 7) is 0.241.